The lowest BCUT2D eigenvalue weighted by atomic mass is 9.75. The highest BCUT2D eigenvalue weighted by Crippen LogP contribution is 2.40. The van der Waals surface area contributed by atoms with Gasteiger partial charge in [-0.15, -0.1) is 0 Å². The zero-order valence-electron chi connectivity index (χ0n) is 15.2. The van der Waals surface area contributed by atoms with Gasteiger partial charge in [-0.3, -0.25) is 9.59 Å². The quantitative estimate of drug-likeness (QED) is 0.783. The lowest BCUT2D eigenvalue weighted by Gasteiger charge is -2.28. The van der Waals surface area contributed by atoms with E-state index in [0.717, 1.165) is 10.5 Å². The van der Waals surface area contributed by atoms with Crippen LogP contribution in [0, 0.1) is 0 Å². The van der Waals surface area contributed by atoms with Gasteiger partial charge >= 0.3 is 12.1 Å². The largest absolute Gasteiger partial charge is 0.469 e. The molecule has 1 saturated heterocycles. The van der Waals surface area contributed by atoms with Gasteiger partial charge in [0.05, 0.1) is 12.5 Å². The lowest BCUT2D eigenvalue weighted by Crippen LogP contribution is -2.43. The van der Waals surface area contributed by atoms with Crippen molar-refractivity contribution in [1.29, 1.82) is 0 Å². The minimum Gasteiger partial charge on any atom is -0.469 e. The molecule has 6 heteroatoms. The van der Waals surface area contributed by atoms with Crippen molar-refractivity contribution < 1.29 is 23.9 Å². The molecule has 6 nitrogen and oxygen atoms in total. The molecule has 0 spiro atoms. The molecule has 0 radical (unpaired) electrons. The third-order valence-electron chi connectivity index (χ3n) is 4.34. The summed E-state index contributed by atoms with van der Waals surface area (Å²) in [7, 11) is 1.32. The summed E-state index contributed by atoms with van der Waals surface area (Å²) in [6.45, 7) is 5.54. The van der Waals surface area contributed by atoms with Crippen molar-refractivity contribution in [3.8, 4) is 0 Å². The Balaban J connectivity index is 2.29. The van der Waals surface area contributed by atoms with Crippen LogP contribution in [0.1, 0.15) is 45.6 Å². The molecule has 0 N–H and O–H groups in total. The van der Waals surface area contributed by atoms with E-state index in [2.05, 4.69) is 0 Å². The molecule has 0 saturated carbocycles. The molecule has 1 atom stereocenters. The third-order valence-corrected chi connectivity index (χ3v) is 4.34. The van der Waals surface area contributed by atoms with Gasteiger partial charge in [-0.25, -0.2) is 9.69 Å². The fourth-order valence-electron chi connectivity index (χ4n) is 3.08. The first-order valence-electron chi connectivity index (χ1n) is 8.37. The van der Waals surface area contributed by atoms with Gasteiger partial charge in [-0.05, 0) is 39.2 Å². The second-order valence-electron chi connectivity index (χ2n) is 7.21. The van der Waals surface area contributed by atoms with Crippen LogP contribution < -0.4 is 0 Å². The van der Waals surface area contributed by atoms with Crippen LogP contribution in [-0.4, -0.2) is 42.1 Å². The molecular formula is C19H25NO5. The van der Waals surface area contributed by atoms with Crippen LogP contribution in [0.4, 0.5) is 4.79 Å². The number of imide groups is 1. The zero-order valence-corrected chi connectivity index (χ0v) is 15.2. The molecule has 0 unspecified atom stereocenters. The molecule has 2 rings (SSSR count). The van der Waals surface area contributed by atoms with Gasteiger partial charge in [0.1, 0.15) is 5.60 Å². The van der Waals surface area contributed by atoms with Crippen LogP contribution in [0.25, 0.3) is 0 Å². The molecule has 1 aliphatic heterocycles. The number of carbonyl (C=O) groups is 3. The number of rotatable bonds is 4. The predicted octanol–water partition coefficient (Wildman–Crippen LogP) is 3.05. The van der Waals surface area contributed by atoms with Gasteiger partial charge in [-0.1, -0.05) is 30.3 Å². The molecule has 1 aliphatic rings. The average molecular weight is 347 g/mol. The van der Waals surface area contributed by atoms with Crippen LogP contribution in [0.3, 0.4) is 0 Å². The summed E-state index contributed by atoms with van der Waals surface area (Å²) in [6, 6.07) is 9.27. The minimum absolute atomic E-state index is 0.110. The van der Waals surface area contributed by atoms with Gasteiger partial charge in [0.2, 0.25) is 5.91 Å². The summed E-state index contributed by atoms with van der Waals surface area (Å²) in [4.78, 5) is 38.3. The maximum atomic E-state index is 13.1. The first-order chi connectivity index (χ1) is 11.7. The molecule has 0 aliphatic carbocycles. The van der Waals surface area contributed by atoms with E-state index in [1.165, 1.54) is 7.11 Å². The smallest absolute Gasteiger partial charge is 0.417 e. The normalized spacial score (nSPS) is 20.5. The van der Waals surface area contributed by atoms with Crippen molar-refractivity contribution in [3.63, 3.8) is 0 Å². The first-order valence-corrected chi connectivity index (χ1v) is 8.37. The average Bonchev–Trinajstić information content (AvgIpc) is 2.90. The van der Waals surface area contributed by atoms with E-state index in [4.69, 9.17) is 9.47 Å². The van der Waals surface area contributed by atoms with E-state index < -0.39 is 17.1 Å². The van der Waals surface area contributed by atoms with Gasteiger partial charge < -0.3 is 9.47 Å². The van der Waals surface area contributed by atoms with Crippen LogP contribution in [-0.2, 0) is 24.5 Å². The summed E-state index contributed by atoms with van der Waals surface area (Å²) in [5.74, 6) is -0.698. The fraction of sp³-hybridized carbons (Fsp3) is 0.526. The summed E-state index contributed by atoms with van der Waals surface area (Å²) in [6.07, 6.45) is 0.209. The molecule has 0 bridgehead atoms. The third kappa shape index (κ3) is 4.18. The monoisotopic (exact) mass is 347 g/mol. The van der Waals surface area contributed by atoms with Crippen molar-refractivity contribution in [2.45, 2.75) is 51.0 Å². The fourth-order valence-corrected chi connectivity index (χ4v) is 3.08. The number of benzene rings is 1. The van der Waals surface area contributed by atoms with Crippen molar-refractivity contribution >= 4 is 18.0 Å². The van der Waals surface area contributed by atoms with E-state index in [0.29, 0.717) is 12.8 Å². The molecule has 25 heavy (non-hydrogen) atoms. The van der Waals surface area contributed by atoms with Crippen LogP contribution >= 0.6 is 0 Å². The highest BCUT2D eigenvalue weighted by atomic mass is 16.6. The van der Waals surface area contributed by atoms with Crippen LogP contribution in [0.5, 0.6) is 0 Å². The van der Waals surface area contributed by atoms with Crippen LogP contribution in [0.15, 0.2) is 30.3 Å². The van der Waals surface area contributed by atoms with Gasteiger partial charge in [-0.2, -0.15) is 0 Å². The number of hydrogen-bond donors (Lipinski definition) is 0. The summed E-state index contributed by atoms with van der Waals surface area (Å²) >= 11 is 0. The topological polar surface area (TPSA) is 72.9 Å². The Bertz CT molecular complexity index is 650. The number of esters is 1. The zero-order chi connectivity index (χ0) is 18.7. The number of ether oxygens (including phenoxy) is 2. The second-order valence-corrected chi connectivity index (χ2v) is 7.21. The first kappa shape index (κ1) is 19.0. The van der Waals surface area contributed by atoms with E-state index in [-0.39, 0.29) is 24.8 Å². The number of likely N-dealkylation sites (tertiary alicyclic amines) is 1. The SMILES string of the molecule is COC(=O)CC[C@]1(c2ccccc2)CCN(C(=O)OC(C)(C)C)C1=O. The van der Waals surface area contributed by atoms with Crippen molar-refractivity contribution in [2.24, 2.45) is 0 Å². The second kappa shape index (κ2) is 7.25. The van der Waals surface area contributed by atoms with Crippen molar-refractivity contribution in [1.82, 2.24) is 4.90 Å². The highest BCUT2D eigenvalue weighted by Gasteiger charge is 2.50. The Hall–Kier alpha value is -2.37. The summed E-state index contributed by atoms with van der Waals surface area (Å²) < 4.78 is 10.1. The van der Waals surface area contributed by atoms with Gasteiger partial charge in [0.15, 0.2) is 0 Å². The molecule has 1 aromatic carbocycles. The lowest BCUT2D eigenvalue weighted by molar-refractivity contribution is -0.141. The Morgan fingerprint density at radius 2 is 1.84 bits per heavy atom. The molecule has 0 aromatic heterocycles. The number of hydrogen-bond acceptors (Lipinski definition) is 5. The summed E-state index contributed by atoms with van der Waals surface area (Å²) in [5.41, 5.74) is -0.789. The van der Waals surface area contributed by atoms with Crippen molar-refractivity contribution in [3.05, 3.63) is 35.9 Å². The maximum Gasteiger partial charge on any atom is 0.417 e. The van der Waals surface area contributed by atoms with E-state index in [1.54, 1.807) is 20.8 Å². The molecular weight excluding hydrogens is 322 g/mol. The highest BCUT2D eigenvalue weighted by molar-refractivity contribution is 6.00. The number of nitrogens with zero attached hydrogens (tertiary/aromatic N) is 1. The van der Waals surface area contributed by atoms with E-state index >= 15 is 0 Å². The molecule has 1 heterocycles. The standard InChI is InChI=1S/C19H25NO5/c1-18(2,3)25-17(23)20-13-12-19(16(20)22,11-10-15(21)24-4)14-8-6-5-7-9-14/h5-9H,10-13H2,1-4H3/t19-/m1/s1. The Morgan fingerprint density at radius 3 is 2.40 bits per heavy atom. The molecule has 2 amide bonds. The summed E-state index contributed by atoms with van der Waals surface area (Å²) in [5, 5.41) is 0. The van der Waals surface area contributed by atoms with Crippen LogP contribution in [0.2, 0.25) is 0 Å². The Kier molecular flexibility index (Phi) is 5.50. The molecule has 1 aromatic rings. The maximum absolute atomic E-state index is 13.1. The number of amides is 2. The Morgan fingerprint density at radius 1 is 1.20 bits per heavy atom. The molecule has 136 valence electrons. The minimum atomic E-state index is -0.910. The van der Waals surface area contributed by atoms with E-state index in [9.17, 15) is 14.4 Å². The van der Waals surface area contributed by atoms with Gasteiger partial charge in [0.25, 0.3) is 0 Å². The van der Waals surface area contributed by atoms with E-state index in [1.807, 2.05) is 30.3 Å². The number of carbonyl (C=O) groups excluding carboxylic acids is 3. The van der Waals surface area contributed by atoms with Crippen molar-refractivity contribution in [2.75, 3.05) is 13.7 Å². The Labute approximate surface area is 148 Å². The van der Waals surface area contributed by atoms with Gasteiger partial charge in [0, 0.05) is 13.0 Å². The number of methoxy groups -OCH3 is 1. The predicted molar refractivity (Wildman–Crippen MR) is 91.9 cm³/mol. The molecule has 1 fully saturated rings.